The van der Waals surface area contributed by atoms with Crippen LogP contribution >= 0.6 is 46.4 Å². The number of nitrogens with two attached hydrogens (primary N) is 1. The number of carbonyl (C=O) groups is 1. The van der Waals surface area contributed by atoms with E-state index in [0.717, 1.165) is 5.56 Å². The minimum absolute atomic E-state index is 0.00378. The normalized spacial score (nSPS) is 10.5. The van der Waals surface area contributed by atoms with Gasteiger partial charge in [0.15, 0.2) is 10.8 Å². The molecule has 21 heavy (non-hydrogen) atoms. The van der Waals surface area contributed by atoms with Gasteiger partial charge in [-0.2, -0.15) is 0 Å². The second kappa shape index (κ2) is 6.71. The molecule has 0 saturated heterocycles. The Hall–Kier alpha value is -1.20. The van der Waals surface area contributed by atoms with Crippen LogP contribution in [-0.4, -0.2) is 11.0 Å². The zero-order valence-electron chi connectivity index (χ0n) is 10.4. The monoisotopic (exact) mass is 364 g/mol. The Balaban J connectivity index is 2.16. The second-order valence-electron chi connectivity index (χ2n) is 4.00. The Bertz CT molecular complexity index is 690. The fraction of sp³-hybridized carbons (Fsp3) is 0.0769. The molecular formula is C13H8Cl4N2O2. The fourth-order valence-corrected chi connectivity index (χ4v) is 2.18. The Morgan fingerprint density at radius 3 is 2.33 bits per heavy atom. The molecule has 1 aromatic heterocycles. The lowest BCUT2D eigenvalue weighted by atomic mass is 10.2. The first-order chi connectivity index (χ1) is 9.90. The molecule has 2 aromatic rings. The van der Waals surface area contributed by atoms with Gasteiger partial charge in [-0.25, -0.2) is 9.78 Å². The van der Waals surface area contributed by atoms with E-state index in [-0.39, 0.29) is 33.2 Å². The summed E-state index contributed by atoms with van der Waals surface area (Å²) in [5, 5.41) is 0.380. The number of hydrogen-bond donors (Lipinski definition) is 1. The Kier molecular flexibility index (Phi) is 5.17. The highest BCUT2D eigenvalue weighted by molar-refractivity contribution is 6.46. The van der Waals surface area contributed by atoms with Crippen molar-refractivity contribution in [1.29, 1.82) is 0 Å². The maximum atomic E-state index is 12.0. The molecule has 1 heterocycles. The quantitative estimate of drug-likeness (QED) is 0.635. The first kappa shape index (κ1) is 16.2. The molecule has 0 aliphatic rings. The topological polar surface area (TPSA) is 65.2 Å². The minimum Gasteiger partial charge on any atom is -0.456 e. The zero-order chi connectivity index (χ0) is 15.6. The third-order valence-corrected chi connectivity index (χ3v) is 3.94. The summed E-state index contributed by atoms with van der Waals surface area (Å²) in [5.41, 5.74) is 6.20. The number of rotatable bonds is 3. The van der Waals surface area contributed by atoms with E-state index in [9.17, 15) is 4.79 Å². The second-order valence-corrected chi connectivity index (χ2v) is 5.55. The van der Waals surface area contributed by atoms with Gasteiger partial charge in [0.25, 0.3) is 0 Å². The van der Waals surface area contributed by atoms with Crippen molar-refractivity contribution in [1.82, 2.24) is 4.98 Å². The number of halogens is 4. The highest BCUT2D eigenvalue weighted by Gasteiger charge is 2.20. The number of pyridine rings is 1. The molecule has 0 fully saturated rings. The van der Waals surface area contributed by atoms with E-state index < -0.39 is 5.97 Å². The van der Waals surface area contributed by atoms with E-state index in [1.54, 1.807) is 24.3 Å². The van der Waals surface area contributed by atoms with Crippen LogP contribution in [0.4, 0.5) is 5.69 Å². The summed E-state index contributed by atoms with van der Waals surface area (Å²) in [4.78, 5) is 15.8. The lowest BCUT2D eigenvalue weighted by Crippen LogP contribution is -2.10. The average Bonchev–Trinajstić information content (AvgIpc) is 2.48. The van der Waals surface area contributed by atoms with E-state index in [4.69, 9.17) is 56.9 Å². The minimum atomic E-state index is -0.750. The van der Waals surface area contributed by atoms with Gasteiger partial charge in [0.1, 0.15) is 11.6 Å². The van der Waals surface area contributed by atoms with Crippen molar-refractivity contribution in [2.45, 2.75) is 6.61 Å². The first-order valence-electron chi connectivity index (χ1n) is 5.61. The van der Waals surface area contributed by atoms with Crippen molar-refractivity contribution >= 4 is 58.1 Å². The van der Waals surface area contributed by atoms with Gasteiger partial charge in [0.05, 0.1) is 10.7 Å². The van der Waals surface area contributed by atoms with Crippen LogP contribution in [0.2, 0.25) is 20.2 Å². The summed E-state index contributed by atoms with van der Waals surface area (Å²) in [5.74, 6) is -0.750. The predicted molar refractivity (Wildman–Crippen MR) is 84.3 cm³/mol. The number of hydrogen-bond acceptors (Lipinski definition) is 4. The molecule has 2 rings (SSSR count). The van der Waals surface area contributed by atoms with Gasteiger partial charge < -0.3 is 10.5 Å². The van der Waals surface area contributed by atoms with Crippen molar-refractivity contribution < 1.29 is 9.53 Å². The standard InChI is InChI=1S/C13H8Cl4N2O2/c14-7-3-1-6(2-4-7)5-21-13(20)11-8(15)10(18)9(16)12(17)19-11/h1-4H,5H2,(H2,18,19). The maximum absolute atomic E-state index is 12.0. The van der Waals surface area contributed by atoms with Crippen molar-refractivity contribution in [2.75, 3.05) is 5.73 Å². The molecule has 0 amide bonds. The maximum Gasteiger partial charge on any atom is 0.358 e. The summed E-state index contributed by atoms with van der Waals surface area (Å²) in [7, 11) is 0. The van der Waals surface area contributed by atoms with E-state index in [0.29, 0.717) is 5.02 Å². The first-order valence-corrected chi connectivity index (χ1v) is 7.13. The molecular weight excluding hydrogens is 358 g/mol. The van der Waals surface area contributed by atoms with E-state index in [1.807, 2.05) is 0 Å². The molecule has 0 atom stereocenters. The van der Waals surface area contributed by atoms with Crippen molar-refractivity contribution in [3.8, 4) is 0 Å². The Morgan fingerprint density at radius 2 is 1.71 bits per heavy atom. The van der Waals surface area contributed by atoms with Crippen molar-refractivity contribution in [3.05, 3.63) is 55.7 Å². The van der Waals surface area contributed by atoms with Crippen LogP contribution in [0.15, 0.2) is 24.3 Å². The molecule has 1 aromatic carbocycles. The summed E-state index contributed by atoms with van der Waals surface area (Å²) < 4.78 is 5.10. The Labute approximate surface area is 140 Å². The smallest absolute Gasteiger partial charge is 0.358 e. The number of esters is 1. The molecule has 110 valence electrons. The lowest BCUT2D eigenvalue weighted by molar-refractivity contribution is 0.0466. The summed E-state index contributed by atoms with van der Waals surface area (Å²) in [6, 6.07) is 6.84. The third-order valence-electron chi connectivity index (χ3n) is 2.55. The van der Waals surface area contributed by atoms with E-state index >= 15 is 0 Å². The summed E-state index contributed by atoms with van der Waals surface area (Å²) in [6.07, 6.45) is 0. The number of ether oxygens (including phenoxy) is 1. The number of aromatic nitrogens is 1. The molecule has 4 nitrogen and oxygen atoms in total. The van der Waals surface area contributed by atoms with Gasteiger partial charge >= 0.3 is 5.97 Å². The number of carbonyl (C=O) groups excluding carboxylic acids is 1. The molecule has 0 spiro atoms. The van der Waals surface area contributed by atoms with Gasteiger partial charge in [0.2, 0.25) is 0 Å². The number of anilines is 1. The van der Waals surface area contributed by atoms with Gasteiger partial charge in [-0.05, 0) is 17.7 Å². The number of nitrogen functional groups attached to an aromatic ring is 1. The van der Waals surface area contributed by atoms with Crippen molar-refractivity contribution in [3.63, 3.8) is 0 Å². The number of benzene rings is 1. The van der Waals surface area contributed by atoms with Gasteiger partial charge in [-0.1, -0.05) is 58.5 Å². The molecule has 2 N–H and O–H groups in total. The third kappa shape index (κ3) is 3.71. The summed E-state index contributed by atoms with van der Waals surface area (Å²) >= 11 is 23.2. The molecule has 8 heteroatoms. The van der Waals surface area contributed by atoms with Crippen molar-refractivity contribution in [2.24, 2.45) is 0 Å². The largest absolute Gasteiger partial charge is 0.456 e. The van der Waals surface area contributed by atoms with E-state index in [2.05, 4.69) is 4.98 Å². The molecule has 0 aliphatic heterocycles. The summed E-state index contributed by atoms with van der Waals surface area (Å²) in [6.45, 7) is 0.0359. The Morgan fingerprint density at radius 1 is 1.10 bits per heavy atom. The van der Waals surface area contributed by atoms with E-state index in [1.165, 1.54) is 0 Å². The highest BCUT2D eigenvalue weighted by Crippen LogP contribution is 2.34. The lowest BCUT2D eigenvalue weighted by Gasteiger charge is -2.09. The zero-order valence-corrected chi connectivity index (χ0v) is 13.4. The average molecular weight is 366 g/mol. The van der Waals surface area contributed by atoms with Crippen LogP contribution in [-0.2, 0) is 11.3 Å². The predicted octanol–water partition coefficient (Wildman–Crippen LogP) is 4.63. The molecule has 0 saturated carbocycles. The molecule has 0 unspecified atom stereocenters. The van der Waals surface area contributed by atoms with Crippen LogP contribution in [0.3, 0.4) is 0 Å². The highest BCUT2D eigenvalue weighted by atomic mass is 35.5. The van der Waals surface area contributed by atoms with Crippen LogP contribution in [0.5, 0.6) is 0 Å². The van der Waals surface area contributed by atoms with Crippen LogP contribution in [0, 0.1) is 0 Å². The van der Waals surface area contributed by atoms with Crippen LogP contribution < -0.4 is 5.73 Å². The van der Waals surface area contributed by atoms with Gasteiger partial charge in [-0.3, -0.25) is 0 Å². The van der Waals surface area contributed by atoms with Crippen LogP contribution in [0.1, 0.15) is 16.1 Å². The molecule has 0 bridgehead atoms. The SMILES string of the molecule is Nc1c(Cl)c(Cl)nc(C(=O)OCc2ccc(Cl)cc2)c1Cl. The number of nitrogens with zero attached hydrogens (tertiary/aromatic N) is 1. The van der Waals surface area contributed by atoms with Gasteiger partial charge in [-0.15, -0.1) is 0 Å². The molecule has 0 radical (unpaired) electrons. The molecule has 0 aliphatic carbocycles. The van der Waals surface area contributed by atoms with Crippen LogP contribution in [0.25, 0.3) is 0 Å². The fourth-order valence-electron chi connectivity index (χ4n) is 1.46. The van der Waals surface area contributed by atoms with Gasteiger partial charge in [0, 0.05) is 5.02 Å².